The molecular weight excluding hydrogens is 334 g/mol. The molecule has 0 atom stereocenters. The number of carbonyl (C=O) groups excluding carboxylic acids is 1. The van der Waals surface area contributed by atoms with Gasteiger partial charge in [0.1, 0.15) is 4.90 Å². The summed E-state index contributed by atoms with van der Waals surface area (Å²) in [5, 5.41) is 2.54. The first-order chi connectivity index (χ1) is 8.78. The lowest BCUT2D eigenvalue weighted by Crippen LogP contribution is -2.38. The minimum absolute atomic E-state index is 0.0116. The fraction of sp³-hybridized carbons (Fsp3) is 0.364. The molecule has 8 heteroatoms. The summed E-state index contributed by atoms with van der Waals surface area (Å²) in [6.07, 6.45) is 0. The number of rotatable bonds is 5. The first-order valence-corrected chi connectivity index (χ1v) is 7.80. The van der Waals surface area contributed by atoms with Crippen LogP contribution in [0.1, 0.15) is 6.92 Å². The summed E-state index contributed by atoms with van der Waals surface area (Å²) in [5.41, 5.74) is 5.83. The number of nitrogens with one attached hydrogen (secondary N) is 1. The Balaban J connectivity index is 3.00. The molecule has 1 aromatic carbocycles. The van der Waals surface area contributed by atoms with Crippen LogP contribution in [0, 0.1) is 0 Å². The Bertz CT molecular complexity index is 575. The fourth-order valence-corrected chi connectivity index (χ4v) is 3.06. The van der Waals surface area contributed by atoms with Crippen LogP contribution in [-0.2, 0) is 14.8 Å². The Morgan fingerprint density at radius 2 is 2.11 bits per heavy atom. The van der Waals surface area contributed by atoms with Crippen molar-refractivity contribution >= 4 is 37.5 Å². The summed E-state index contributed by atoms with van der Waals surface area (Å²) in [6.45, 7) is 1.97. The van der Waals surface area contributed by atoms with Crippen LogP contribution in [0.5, 0.6) is 0 Å². The van der Waals surface area contributed by atoms with E-state index in [2.05, 4.69) is 21.2 Å². The smallest absolute Gasteiger partial charge is 0.245 e. The molecule has 1 rings (SSSR count). The fourth-order valence-electron chi connectivity index (χ4n) is 1.46. The Kier molecular flexibility index (Phi) is 5.33. The second kappa shape index (κ2) is 6.36. The number of nitrogens with two attached hydrogens (primary N) is 1. The zero-order chi connectivity index (χ0) is 14.6. The molecule has 19 heavy (non-hydrogen) atoms. The van der Waals surface area contributed by atoms with Gasteiger partial charge in [0, 0.05) is 18.1 Å². The van der Waals surface area contributed by atoms with Gasteiger partial charge in [0.25, 0.3) is 0 Å². The molecule has 0 fully saturated rings. The van der Waals surface area contributed by atoms with Gasteiger partial charge in [0.05, 0.1) is 12.2 Å². The van der Waals surface area contributed by atoms with Crippen LogP contribution in [0.25, 0.3) is 0 Å². The third-order valence-corrected chi connectivity index (χ3v) is 4.77. The molecule has 0 unspecified atom stereocenters. The van der Waals surface area contributed by atoms with Crippen molar-refractivity contribution in [3.05, 3.63) is 22.7 Å². The molecule has 0 spiro atoms. The maximum Gasteiger partial charge on any atom is 0.245 e. The largest absolute Gasteiger partial charge is 0.398 e. The van der Waals surface area contributed by atoms with Crippen LogP contribution < -0.4 is 11.1 Å². The zero-order valence-corrected chi connectivity index (χ0v) is 13.1. The highest BCUT2D eigenvalue weighted by atomic mass is 79.9. The summed E-state index contributed by atoms with van der Waals surface area (Å²) < 4.78 is 26.2. The number of nitrogens with zero attached hydrogens (tertiary/aromatic N) is 1. The van der Waals surface area contributed by atoms with E-state index in [4.69, 9.17) is 5.73 Å². The van der Waals surface area contributed by atoms with E-state index in [1.165, 1.54) is 19.2 Å². The van der Waals surface area contributed by atoms with Gasteiger partial charge in [0.2, 0.25) is 15.9 Å². The number of hydrogen-bond donors (Lipinski definition) is 2. The Hall–Kier alpha value is -1.12. The molecule has 0 aliphatic rings. The van der Waals surface area contributed by atoms with Crippen LogP contribution in [0.4, 0.5) is 5.69 Å². The average Bonchev–Trinajstić information content (AvgIpc) is 2.28. The average molecular weight is 350 g/mol. The van der Waals surface area contributed by atoms with E-state index in [1.54, 1.807) is 13.0 Å². The predicted molar refractivity (Wildman–Crippen MR) is 77.1 cm³/mol. The van der Waals surface area contributed by atoms with E-state index in [0.717, 1.165) is 4.31 Å². The molecule has 1 amide bonds. The van der Waals surface area contributed by atoms with Gasteiger partial charge < -0.3 is 11.1 Å². The summed E-state index contributed by atoms with van der Waals surface area (Å²) in [5.74, 6) is -0.357. The van der Waals surface area contributed by atoms with Crippen molar-refractivity contribution in [1.29, 1.82) is 0 Å². The normalized spacial score (nSPS) is 11.6. The van der Waals surface area contributed by atoms with Crippen molar-refractivity contribution < 1.29 is 13.2 Å². The van der Waals surface area contributed by atoms with E-state index in [-0.39, 0.29) is 23.0 Å². The number of likely N-dealkylation sites (N-methyl/N-ethyl adjacent to an activating group) is 2. The first-order valence-electron chi connectivity index (χ1n) is 5.57. The number of anilines is 1. The lowest BCUT2D eigenvalue weighted by molar-refractivity contribution is -0.121. The Morgan fingerprint density at radius 1 is 1.47 bits per heavy atom. The summed E-state index contributed by atoms with van der Waals surface area (Å²) in [6, 6.07) is 4.50. The van der Waals surface area contributed by atoms with Crippen molar-refractivity contribution in [1.82, 2.24) is 9.62 Å². The number of nitrogen functional groups attached to an aromatic ring is 1. The molecule has 106 valence electrons. The summed E-state index contributed by atoms with van der Waals surface area (Å²) >= 11 is 3.21. The quantitative estimate of drug-likeness (QED) is 0.768. The molecular formula is C11H16BrN3O3S. The topological polar surface area (TPSA) is 92.5 Å². The van der Waals surface area contributed by atoms with Crippen molar-refractivity contribution in [3.8, 4) is 0 Å². The van der Waals surface area contributed by atoms with Gasteiger partial charge in [-0.2, -0.15) is 4.31 Å². The number of sulfonamides is 1. The van der Waals surface area contributed by atoms with Crippen LogP contribution in [0.2, 0.25) is 0 Å². The number of amides is 1. The lowest BCUT2D eigenvalue weighted by atomic mass is 10.3. The van der Waals surface area contributed by atoms with Gasteiger partial charge in [-0.05, 0) is 25.1 Å². The lowest BCUT2D eigenvalue weighted by Gasteiger charge is -2.17. The second-order valence-corrected chi connectivity index (χ2v) is 6.83. The van der Waals surface area contributed by atoms with E-state index in [1.807, 2.05) is 0 Å². The third-order valence-electron chi connectivity index (χ3n) is 2.40. The minimum atomic E-state index is -3.77. The van der Waals surface area contributed by atoms with Crippen molar-refractivity contribution in [3.63, 3.8) is 0 Å². The van der Waals surface area contributed by atoms with Gasteiger partial charge in [-0.15, -0.1) is 0 Å². The molecule has 0 radical (unpaired) electrons. The van der Waals surface area contributed by atoms with E-state index in [0.29, 0.717) is 11.0 Å². The van der Waals surface area contributed by atoms with Crippen molar-refractivity contribution in [2.75, 3.05) is 25.9 Å². The van der Waals surface area contributed by atoms with Gasteiger partial charge >= 0.3 is 0 Å². The molecule has 0 saturated carbocycles. The maximum absolute atomic E-state index is 12.3. The molecule has 0 aliphatic carbocycles. The van der Waals surface area contributed by atoms with Gasteiger partial charge in [-0.3, -0.25) is 4.79 Å². The van der Waals surface area contributed by atoms with Crippen molar-refractivity contribution in [2.45, 2.75) is 11.8 Å². The van der Waals surface area contributed by atoms with E-state index >= 15 is 0 Å². The molecule has 1 aromatic rings. The molecule has 0 saturated heterocycles. The van der Waals surface area contributed by atoms with Gasteiger partial charge in [-0.1, -0.05) is 15.9 Å². The SMILES string of the molecule is CCNC(=O)CN(C)S(=O)(=O)c1ccc(Br)cc1N. The highest BCUT2D eigenvalue weighted by molar-refractivity contribution is 9.10. The minimum Gasteiger partial charge on any atom is -0.398 e. The van der Waals surface area contributed by atoms with E-state index < -0.39 is 10.0 Å². The molecule has 0 bridgehead atoms. The molecule has 3 N–H and O–H groups in total. The highest BCUT2D eigenvalue weighted by Crippen LogP contribution is 2.24. The molecule has 0 aliphatic heterocycles. The predicted octanol–water partition coefficient (Wildman–Crippen LogP) is 0.788. The molecule has 0 aromatic heterocycles. The molecule has 0 heterocycles. The summed E-state index contributed by atoms with van der Waals surface area (Å²) in [4.78, 5) is 11.4. The monoisotopic (exact) mass is 349 g/mol. The highest BCUT2D eigenvalue weighted by Gasteiger charge is 2.24. The van der Waals surface area contributed by atoms with Gasteiger partial charge in [0.15, 0.2) is 0 Å². The number of carbonyl (C=O) groups is 1. The Labute approximate surface area is 121 Å². The Morgan fingerprint density at radius 3 is 2.63 bits per heavy atom. The number of halogens is 1. The van der Waals surface area contributed by atoms with Crippen LogP contribution in [0.3, 0.4) is 0 Å². The number of benzene rings is 1. The van der Waals surface area contributed by atoms with Crippen LogP contribution in [-0.4, -0.2) is 38.8 Å². The van der Waals surface area contributed by atoms with Crippen LogP contribution >= 0.6 is 15.9 Å². The summed E-state index contributed by atoms with van der Waals surface area (Å²) in [7, 11) is -2.43. The zero-order valence-electron chi connectivity index (χ0n) is 10.7. The maximum atomic E-state index is 12.3. The van der Waals surface area contributed by atoms with Crippen molar-refractivity contribution in [2.24, 2.45) is 0 Å². The molecule has 6 nitrogen and oxygen atoms in total. The van der Waals surface area contributed by atoms with E-state index in [9.17, 15) is 13.2 Å². The second-order valence-electron chi connectivity index (χ2n) is 3.90. The first kappa shape index (κ1) is 15.9. The third kappa shape index (κ3) is 3.92. The van der Waals surface area contributed by atoms with Gasteiger partial charge in [-0.25, -0.2) is 8.42 Å². The number of hydrogen-bond acceptors (Lipinski definition) is 4. The van der Waals surface area contributed by atoms with Crippen LogP contribution in [0.15, 0.2) is 27.6 Å². The standard InChI is InChI=1S/C11H16BrN3O3S/c1-3-14-11(16)7-15(2)19(17,18)10-5-4-8(12)6-9(10)13/h4-6H,3,7,13H2,1-2H3,(H,14,16).